The third-order valence-electron chi connectivity index (χ3n) is 1.89. The molecule has 2 radical (unpaired) electrons. The third-order valence-corrected chi connectivity index (χ3v) is 2.97. The van der Waals surface area contributed by atoms with Gasteiger partial charge in [-0.15, -0.1) is 0 Å². The fraction of sp³-hybridized carbons (Fsp3) is 0.125. The molecule has 1 aromatic heterocycles. The number of nitrogens with one attached hydrogen (secondary N) is 1. The topological polar surface area (TPSA) is 72.8 Å². The molecule has 2 rings (SSSR count). The second-order valence-electron chi connectivity index (χ2n) is 3.17. The maximum atomic E-state index is 12.6. The molecule has 1 heterocycles. The molecule has 0 spiro atoms. The number of hydrogen-bond donors (Lipinski definition) is 1. The van der Waals surface area contributed by atoms with Crippen LogP contribution in [0.1, 0.15) is 0 Å². The lowest BCUT2D eigenvalue weighted by molar-refractivity contribution is -0.0977. The summed E-state index contributed by atoms with van der Waals surface area (Å²) in [5, 5.41) is 8.90. The Morgan fingerprint density at radius 1 is 1.50 bits per heavy atom. The van der Waals surface area contributed by atoms with E-state index in [1.54, 1.807) is 22.6 Å². The minimum Gasteiger partial charge on any atom is -0.440 e. The van der Waals surface area contributed by atoms with Crippen molar-refractivity contribution in [3.05, 3.63) is 32.3 Å². The van der Waals surface area contributed by atoms with E-state index in [1.807, 2.05) is 0 Å². The van der Waals surface area contributed by atoms with Gasteiger partial charge in [-0.25, -0.2) is 9.89 Å². The highest BCUT2D eigenvalue weighted by atomic mass is 127. The average molecular weight is 364 g/mol. The Kier molecular flexibility index (Phi) is 3.37. The van der Waals surface area contributed by atoms with Gasteiger partial charge in [-0.2, -0.15) is 13.5 Å². The molecule has 0 aliphatic carbocycles. The van der Waals surface area contributed by atoms with Crippen molar-refractivity contribution in [1.82, 2.24) is 20.2 Å². The van der Waals surface area contributed by atoms with Gasteiger partial charge in [-0.3, -0.25) is 0 Å². The predicted octanol–water partition coefficient (Wildman–Crippen LogP) is 0.658. The molecule has 1 N–H and O–H groups in total. The Morgan fingerprint density at radius 2 is 2.22 bits per heavy atom. The number of H-pyrrole nitrogens is 1. The zero-order valence-electron chi connectivity index (χ0n) is 8.60. The Morgan fingerprint density at radius 3 is 2.78 bits per heavy atom. The van der Waals surface area contributed by atoms with Crippen LogP contribution < -0.4 is 10.4 Å². The molecule has 0 bridgehead atoms. The first-order valence-electron chi connectivity index (χ1n) is 4.53. The molecule has 0 unspecified atom stereocenters. The van der Waals surface area contributed by atoms with Crippen molar-refractivity contribution in [2.75, 3.05) is 0 Å². The molecular formula is C8H4BF2IN4O2. The van der Waals surface area contributed by atoms with Gasteiger partial charge in [0, 0.05) is 0 Å². The van der Waals surface area contributed by atoms with E-state index in [0.717, 1.165) is 4.68 Å². The maximum absolute atomic E-state index is 12.6. The van der Waals surface area contributed by atoms with Crippen LogP contribution in [0.5, 0.6) is 5.75 Å². The minimum atomic E-state index is -3.80. The van der Waals surface area contributed by atoms with Crippen LogP contribution in [-0.2, 0) is 0 Å². The van der Waals surface area contributed by atoms with E-state index < -0.39 is 11.7 Å². The summed E-state index contributed by atoms with van der Waals surface area (Å²) in [7, 11) is 4.47. The molecule has 0 saturated heterocycles. The summed E-state index contributed by atoms with van der Waals surface area (Å²) in [6.45, 7) is 0. The zero-order chi connectivity index (χ0) is 13.3. The first-order chi connectivity index (χ1) is 8.38. The number of hydrogen-bond acceptors (Lipinski definition) is 4. The third kappa shape index (κ3) is 2.68. The number of benzene rings is 1. The van der Waals surface area contributed by atoms with Gasteiger partial charge >= 0.3 is 11.7 Å². The van der Waals surface area contributed by atoms with Crippen molar-refractivity contribution in [2.45, 2.75) is 6.01 Å². The lowest BCUT2D eigenvalue weighted by atomic mass is 10.1. The SMILES string of the molecule is [B]C(F)(F)Oc1cccc(-n2nn[nH]c2=O)c1I. The molecule has 0 saturated carbocycles. The van der Waals surface area contributed by atoms with Gasteiger partial charge in [0.15, 0.2) is 0 Å². The van der Waals surface area contributed by atoms with Crippen molar-refractivity contribution >= 4 is 30.4 Å². The normalized spacial score (nSPS) is 11.5. The zero-order valence-corrected chi connectivity index (χ0v) is 10.8. The molecule has 0 aliphatic heterocycles. The number of halogens is 3. The molecule has 0 atom stereocenters. The summed E-state index contributed by atoms with van der Waals surface area (Å²) in [4.78, 5) is 11.3. The Bertz CT molecular complexity index is 624. The maximum Gasteiger partial charge on any atom is 0.365 e. The van der Waals surface area contributed by atoms with Crippen molar-refractivity contribution < 1.29 is 13.5 Å². The fourth-order valence-electron chi connectivity index (χ4n) is 1.24. The van der Waals surface area contributed by atoms with Crippen molar-refractivity contribution in [1.29, 1.82) is 0 Å². The Labute approximate surface area is 114 Å². The number of nitrogens with zero attached hydrogens (tertiary/aromatic N) is 3. The molecule has 6 nitrogen and oxygen atoms in total. The highest BCUT2D eigenvalue weighted by Gasteiger charge is 2.24. The summed E-state index contributed by atoms with van der Waals surface area (Å²) in [6.07, 6.45) is 0. The number of ether oxygens (including phenoxy) is 1. The van der Waals surface area contributed by atoms with Gasteiger partial charge in [0.2, 0.25) is 7.85 Å². The number of aromatic amines is 1. The quantitative estimate of drug-likeness (QED) is 0.642. The van der Waals surface area contributed by atoms with Crippen LogP contribution in [-0.4, -0.2) is 34.1 Å². The predicted molar refractivity (Wildman–Crippen MR) is 66.0 cm³/mol. The molecule has 0 fully saturated rings. The lowest BCUT2D eigenvalue weighted by Crippen LogP contribution is -2.25. The van der Waals surface area contributed by atoms with Crippen LogP contribution in [0.25, 0.3) is 5.69 Å². The fourth-order valence-corrected chi connectivity index (χ4v) is 1.94. The van der Waals surface area contributed by atoms with Crippen LogP contribution in [0.2, 0.25) is 0 Å². The highest BCUT2D eigenvalue weighted by molar-refractivity contribution is 14.1. The molecule has 0 amide bonds. The molecule has 18 heavy (non-hydrogen) atoms. The van der Waals surface area contributed by atoms with Crippen LogP contribution in [0.15, 0.2) is 23.0 Å². The van der Waals surface area contributed by atoms with E-state index in [-0.39, 0.29) is 15.0 Å². The molecule has 10 heteroatoms. The average Bonchev–Trinajstić information content (AvgIpc) is 2.66. The van der Waals surface area contributed by atoms with Crippen LogP contribution in [0.4, 0.5) is 8.78 Å². The second-order valence-corrected chi connectivity index (χ2v) is 4.25. The van der Waals surface area contributed by atoms with E-state index in [4.69, 9.17) is 0 Å². The summed E-state index contributed by atoms with van der Waals surface area (Å²) < 4.78 is 30.6. The summed E-state index contributed by atoms with van der Waals surface area (Å²) >= 11 is 1.74. The van der Waals surface area contributed by atoms with Gasteiger partial charge in [0.05, 0.1) is 9.26 Å². The Balaban J connectivity index is 2.49. The first kappa shape index (κ1) is 13.0. The molecule has 0 aliphatic rings. The molecule has 2 aromatic rings. The number of rotatable bonds is 3. The summed E-state index contributed by atoms with van der Waals surface area (Å²) in [5.74, 6) is -0.157. The Hall–Kier alpha value is -1.46. The second kappa shape index (κ2) is 4.67. The molecule has 1 aromatic carbocycles. The van der Waals surface area contributed by atoms with E-state index in [2.05, 4.69) is 28.1 Å². The number of tetrazole rings is 1. The van der Waals surface area contributed by atoms with E-state index in [1.165, 1.54) is 18.2 Å². The summed E-state index contributed by atoms with van der Waals surface area (Å²) in [5.41, 5.74) is -0.333. The smallest absolute Gasteiger partial charge is 0.365 e. The molecular weight excluding hydrogens is 360 g/mol. The standard InChI is InChI=1S/C8H4BF2IN4O2/c9-8(10,11)18-5-3-1-2-4(6(5)12)16-7(17)13-14-15-16/h1-3H,(H,13,15,17). The van der Waals surface area contributed by atoms with Crippen molar-refractivity contribution in [3.8, 4) is 11.4 Å². The van der Waals surface area contributed by atoms with Gasteiger partial charge < -0.3 is 4.74 Å². The highest BCUT2D eigenvalue weighted by Crippen LogP contribution is 2.29. The monoisotopic (exact) mass is 364 g/mol. The lowest BCUT2D eigenvalue weighted by Gasteiger charge is -2.16. The van der Waals surface area contributed by atoms with Crippen LogP contribution >= 0.6 is 22.6 Å². The summed E-state index contributed by atoms with van der Waals surface area (Å²) in [6, 6.07) is 0.442. The van der Waals surface area contributed by atoms with Crippen LogP contribution in [0.3, 0.4) is 0 Å². The van der Waals surface area contributed by atoms with Crippen molar-refractivity contribution in [3.63, 3.8) is 0 Å². The number of alkyl halides is 2. The van der Waals surface area contributed by atoms with Gasteiger partial charge in [-0.05, 0) is 45.2 Å². The van der Waals surface area contributed by atoms with Gasteiger partial charge in [0.25, 0.3) is 0 Å². The minimum absolute atomic E-state index is 0.157. The number of aromatic nitrogens is 4. The van der Waals surface area contributed by atoms with Gasteiger partial charge in [-0.1, -0.05) is 6.07 Å². The van der Waals surface area contributed by atoms with Crippen LogP contribution in [0, 0.1) is 3.57 Å². The van der Waals surface area contributed by atoms with Crippen molar-refractivity contribution in [2.24, 2.45) is 0 Å². The molecule has 92 valence electrons. The van der Waals surface area contributed by atoms with Gasteiger partial charge in [0.1, 0.15) is 5.75 Å². The first-order valence-corrected chi connectivity index (χ1v) is 5.61. The van der Waals surface area contributed by atoms with E-state index >= 15 is 0 Å². The van der Waals surface area contributed by atoms with E-state index in [9.17, 15) is 13.6 Å². The van der Waals surface area contributed by atoms with E-state index in [0.29, 0.717) is 0 Å². The largest absolute Gasteiger partial charge is 0.440 e.